The number of benzene rings is 1. The van der Waals surface area contributed by atoms with Crippen LogP contribution in [0, 0.1) is 5.92 Å². The van der Waals surface area contributed by atoms with Gasteiger partial charge in [0.15, 0.2) is 5.82 Å². The molecule has 5 nitrogen and oxygen atoms in total. The molecule has 102 valence electrons. The summed E-state index contributed by atoms with van der Waals surface area (Å²) in [6, 6.07) is 7.64. The molecular weight excluding hydrogens is 276 g/mol. The smallest absolute Gasteiger partial charge is 0.242 e. The SMILES string of the molecule is O=C(NNc1cnccn1)C1CC1c1ccccc1Cl. The van der Waals surface area contributed by atoms with Gasteiger partial charge in [0.25, 0.3) is 0 Å². The van der Waals surface area contributed by atoms with Crippen molar-refractivity contribution in [3.05, 3.63) is 53.4 Å². The summed E-state index contributed by atoms with van der Waals surface area (Å²) in [5.41, 5.74) is 6.43. The second-order valence-electron chi connectivity index (χ2n) is 4.68. The zero-order valence-corrected chi connectivity index (χ0v) is 11.3. The minimum absolute atomic E-state index is 0.0425. The number of rotatable bonds is 4. The third-order valence-electron chi connectivity index (χ3n) is 3.31. The van der Waals surface area contributed by atoms with Crippen molar-refractivity contribution >= 4 is 23.3 Å². The van der Waals surface area contributed by atoms with E-state index >= 15 is 0 Å². The first kappa shape index (κ1) is 12.9. The van der Waals surface area contributed by atoms with E-state index in [1.807, 2.05) is 24.3 Å². The van der Waals surface area contributed by atoms with E-state index in [0.717, 1.165) is 17.0 Å². The van der Waals surface area contributed by atoms with Crippen LogP contribution in [0.5, 0.6) is 0 Å². The second kappa shape index (κ2) is 5.46. The quantitative estimate of drug-likeness (QED) is 0.848. The number of hydrazine groups is 1. The van der Waals surface area contributed by atoms with Gasteiger partial charge in [0.1, 0.15) is 0 Å². The summed E-state index contributed by atoms with van der Waals surface area (Å²) in [6.45, 7) is 0. The number of halogens is 1. The lowest BCUT2D eigenvalue weighted by molar-refractivity contribution is -0.121. The Hall–Kier alpha value is -2.14. The van der Waals surface area contributed by atoms with Crippen molar-refractivity contribution in [2.75, 3.05) is 5.43 Å². The van der Waals surface area contributed by atoms with Crippen LogP contribution in [0.25, 0.3) is 0 Å². The first-order valence-corrected chi connectivity index (χ1v) is 6.70. The van der Waals surface area contributed by atoms with E-state index in [9.17, 15) is 4.79 Å². The van der Waals surface area contributed by atoms with Crippen molar-refractivity contribution in [3.8, 4) is 0 Å². The molecule has 2 unspecified atom stereocenters. The van der Waals surface area contributed by atoms with Crippen LogP contribution in [0.3, 0.4) is 0 Å². The molecule has 1 aliphatic rings. The Kier molecular flexibility index (Phi) is 3.52. The summed E-state index contributed by atoms with van der Waals surface area (Å²) in [5.74, 6) is 0.614. The minimum atomic E-state index is -0.0550. The van der Waals surface area contributed by atoms with Gasteiger partial charge in [0.2, 0.25) is 5.91 Å². The second-order valence-corrected chi connectivity index (χ2v) is 5.08. The molecule has 1 fully saturated rings. The van der Waals surface area contributed by atoms with Gasteiger partial charge < -0.3 is 0 Å². The number of nitrogens with one attached hydrogen (secondary N) is 2. The average Bonchev–Trinajstić information content (AvgIpc) is 3.27. The number of hydrogen-bond donors (Lipinski definition) is 2. The number of amides is 1. The Labute approximate surface area is 121 Å². The molecule has 1 aliphatic carbocycles. The number of hydrogen-bond acceptors (Lipinski definition) is 4. The van der Waals surface area contributed by atoms with Crippen LogP contribution in [0.4, 0.5) is 5.82 Å². The monoisotopic (exact) mass is 288 g/mol. The zero-order valence-electron chi connectivity index (χ0n) is 10.6. The summed E-state index contributed by atoms with van der Waals surface area (Å²) in [7, 11) is 0. The molecule has 0 saturated heterocycles. The molecule has 2 N–H and O–H groups in total. The largest absolute Gasteiger partial charge is 0.281 e. The maximum absolute atomic E-state index is 12.0. The maximum atomic E-state index is 12.0. The molecular formula is C14H13ClN4O. The molecule has 2 atom stereocenters. The maximum Gasteiger partial charge on any atom is 0.242 e. The number of aromatic nitrogens is 2. The van der Waals surface area contributed by atoms with Gasteiger partial charge in [-0.05, 0) is 24.0 Å². The van der Waals surface area contributed by atoms with E-state index in [-0.39, 0.29) is 17.7 Å². The fourth-order valence-electron chi connectivity index (χ4n) is 2.19. The van der Waals surface area contributed by atoms with Crippen LogP contribution >= 0.6 is 11.6 Å². The van der Waals surface area contributed by atoms with Gasteiger partial charge >= 0.3 is 0 Å². The van der Waals surface area contributed by atoms with Crippen molar-refractivity contribution in [2.45, 2.75) is 12.3 Å². The predicted octanol–water partition coefficient (Wildman–Crippen LogP) is 2.38. The fraction of sp³-hybridized carbons (Fsp3) is 0.214. The summed E-state index contributed by atoms with van der Waals surface area (Å²) < 4.78 is 0. The van der Waals surface area contributed by atoms with Crippen LogP contribution in [0.2, 0.25) is 5.02 Å². The molecule has 0 spiro atoms. The molecule has 3 rings (SSSR count). The Morgan fingerprint density at radius 2 is 2.15 bits per heavy atom. The Morgan fingerprint density at radius 3 is 2.90 bits per heavy atom. The molecule has 2 aromatic rings. The van der Waals surface area contributed by atoms with Crippen molar-refractivity contribution in [3.63, 3.8) is 0 Å². The van der Waals surface area contributed by atoms with E-state index in [1.54, 1.807) is 18.6 Å². The molecule has 6 heteroatoms. The van der Waals surface area contributed by atoms with Crippen LogP contribution in [-0.4, -0.2) is 15.9 Å². The molecule has 1 saturated carbocycles. The first-order chi connectivity index (χ1) is 9.75. The zero-order chi connectivity index (χ0) is 13.9. The molecule has 1 amide bonds. The van der Waals surface area contributed by atoms with Crippen LogP contribution in [0.1, 0.15) is 17.9 Å². The lowest BCUT2D eigenvalue weighted by atomic mass is 10.1. The van der Waals surface area contributed by atoms with E-state index in [0.29, 0.717) is 5.82 Å². The van der Waals surface area contributed by atoms with E-state index in [1.165, 1.54) is 0 Å². The lowest BCUT2D eigenvalue weighted by Crippen LogP contribution is -2.31. The van der Waals surface area contributed by atoms with Crippen molar-refractivity contribution in [2.24, 2.45) is 5.92 Å². The molecule has 0 aliphatic heterocycles. The summed E-state index contributed by atoms with van der Waals surface area (Å²) >= 11 is 6.14. The number of carbonyl (C=O) groups is 1. The molecule has 0 bridgehead atoms. The van der Waals surface area contributed by atoms with Gasteiger partial charge in [0.05, 0.1) is 6.20 Å². The lowest BCUT2D eigenvalue weighted by Gasteiger charge is -2.07. The van der Waals surface area contributed by atoms with Gasteiger partial charge in [-0.2, -0.15) is 0 Å². The summed E-state index contributed by atoms with van der Waals surface area (Å²) in [5, 5.41) is 0.717. The van der Waals surface area contributed by atoms with Crippen LogP contribution in [0.15, 0.2) is 42.9 Å². The van der Waals surface area contributed by atoms with E-state index in [2.05, 4.69) is 20.8 Å². The Bertz CT molecular complexity index is 620. The molecule has 1 aromatic heterocycles. The standard InChI is InChI=1S/C14H13ClN4O/c15-12-4-2-1-3-9(12)10-7-11(10)14(20)19-18-13-8-16-5-6-17-13/h1-6,8,10-11H,7H2,(H,17,18)(H,19,20). The van der Waals surface area contributed by atoms with Crippen molar-refractivity contribution in [1.29, 1.82) is 0 Å². The number of nitrogens with zero attached hydrogens (tertiary/aromatic N) is 2. The highest BCUT2D eigenvalue weighted by atomic mass is 35.5. The first-order valence-electron chi connectivity index (χ1n) is 6.32. The molecule has 1 heterocycles. The van der Waals surface area contributed by atoms with Gasteiger partial charge in [-0.1, -0.05) is 29.8 Å². The van der Waals surface area contributed by atoms with Gasteiger partial charge in [-0.15, -0.1) is 0 Å². The van der Waals surface area contributed by atoms with Gasteiger partial charge in [-0.3, -0.25) is 20.6 Å². The average molecular weight is 289 g/mol. The molecule has 20 heavy (non-hydrogen) atoms. The number of anilines is 1. The summed E-state index contributed by atoms with van der Waals surface area (Å²) in [6.07, 6.45) is 5.48. The Morgan fingerprint density at radius 1 is 1.30 bits per heavy atom. The van der Waals surface area contributed by atoms with E-state index in [4.69, 9.17) is 11.6 Å². The van der Waals surface area contributed by atoms with Crippen LogP contribution < -0.4 is 10.9 Å². The van der Waals surface area contributed by atoms with Crippen molar-refractivity contribution in [1.82, 2.24) is 15.4 Å². The molecule has 1 aromatic carbocycles. The Balaban J connectivity index is 1.57. The highest BCUT2D eigenvalue weighted by Gasteiger charge is 2.44. The highest BCUT2D eigenvalue weighted by molar-refractivity contribution is 6.31. The summed E-state index contributed by atoms with van der Waals surface area (Å²) in [4.78, 5) is 19.9. The minimum Gasteiger partial charge on any atom is -0.281 e. The molecule has 0 radical (unpaired) electrons. The van der Waals surface area contributed by atoms with Gasteiger partial charge in [0, 0.05) is 23.3 Å². The van der Waals surface area contributed by atoms with E-state index < -0.39 is 0 Å². The fourth-order valence-corrected chi connectivity index (χ4v) is 2.46. The van der Waals surface area contributed by atoms with Crippen LogP contribution in [-0.2, 0) is 4.79 Å². The van der Waals surface area contributed by atoms with Gasteiger partial charge in [-0.25, -0.2) is 4.98 Å². The third-order valence-corrected chi connectivity index (χ3v) is 3.65. The highest BCUT2D eigenvalue weighted by Crippen LogP contribution is 2.49. The topological polar surface area (TPSA) is 66.9 Å². The normalized spacial score (nSPS) is 20.2. The predicted molar refractivity (Wildman–Crippen MR) is 76.1 cm³/mol. The van der Waals surface area contributed by atoms with Crippen molar-refractivity contribution < 1.29 is 4.79 Å². The number of carbonyl (C=O) groups excluding carboxylic acids is 1. The third kappa shape index (κ3) is 2.72.